The Morgan fingerprint density at radius 2 is 2.03 bits per heavy atom. The van der Waals surface area contributed by atoms with Crippen molar-refractivity contribution < 1.29 is 32.2 Å². The maximum absolute atomic E-state index is 13.5. The second-order valence-corrected chi connectivity index (χ2v) is 7.47. The fourth-order valence-corrected chi connectivity index (χ4v) is 3.69. The van der Waals surface area contributed by atoms with Crippen molar-refractivity contribution >= 4 is 17.5 Å². The first-order valence-electron chi connectivity index (χ1n) is 9.49. The van der Waals surface area contributed by atoms with Gasteiger partial charge in [-0.05, 0) is 37.1 Å². The third-order valence-corrected chi connectivity index (χ3v) is 5.59. The third-order valence-electron chi connectivity index (χ3n) is 5.59. The number of anilines is 1. The topological polar surface area (TPSA) is 68.7 Å². The van der Waals surface area contributed by atoms with Gasteiger partial charge < -0.3 is 9.47 Å². The highest BCUT2D eigenvalue weighted by Gasteiger charge is 2.57. The molecule has 2 aliphatic heterocycles. The minimum atomic E-state index is -4.57. The number of pyridine rings is 1. The van der Waals surface area contributed by atoms with E-state index in [2.05, 4.69) is 4.98 Å². The van der Waals surface area contributed by atoms with Crippen LogP contribution in [0.5, 0.6) is 11.6 Å². The van der Waals surface area contributed by atoms with Crippen LogP contribution in [0.25, 0.3) is 0 Å². The average Bonchev–Trinajstić information content (AvgIpc) is 3.19. The third kappa shape index (κ3) is 3.23. The Kier molecular flexibility index (Phi) is 4.80. The summed E-state index contributed by atoms with van der Waals surface area (Å²) in [5, 5.41) is 0. The molecule has 0 radical (unpaired) electrons. The van der Waals surface area contributed by atoms with E-state index < -0.39 is 11.8 Å². The van der Waals surface area contributed by atoms with Gasteiger partial charge in [-0.25, -0.2) is 9.88 Å². The van der Waals surface area contributed by atoms with Crippen molar-refractivity contribution in [3.8, 4) is 11.6 Å². The molecule has 1 unspecified atom stereocenters. The predicted molar refractivity (Wildman–Crippen MR) is 99.8 cm³/mol. The van der Waals surface area contributed by atoms with Crippen LogP contribution in [0.2, 0.25) is 0 Å². The molecular weight excluding hydrogens is 401 g/mol. The highest BCUT2D eigenvalue weighted by atomic mass is 19.4. The van der Waals surface area contributed by atoms with Gasteiger partial charge in [0.15, 0.2) is 5.60 Å². The van der Waals surface area contributed by atoms with Crippen LogP contribution >= 0.6 is 0 Å². The summed E-state index contributed by atoms with van der Waals surface area (Å²) in [6.07, 6.45) is -2.49. The second-order valence-electron chi connectivity index (χ2n) is 7.47. The number of benzene rings is 1. The summed E-state index contributed by atoms with van der Waals surface area (Å²) in [4.78, 5) is 29.6. The van der Waals surface area contributed by atoms with E-state index in [1.54, 1.807) is 6.07 Å². The number of ether oxygens (including phenoxy) is 2. The van der Waals surface area contributed by atoms with Crippen LogP contribution in [0.15, 0.2) is 36.5 Å². The summed E-state index contributed by atoms with van der Waals surface area (Å²) in [5.41, 5.74) is -1.61. The fourth-order valence-electron chi connectivity index (χ4n) is 3.69. The molecule has 0 N–H and O–H groups in total. The number of hydrogen-bond donors (Lipinski definition) is 0. The number of alkyl halides is 3. The molecule has 2 amide bonds. The molecule has 1 aromatic heterocycles. The molecule has 0 bridgehead atoms. The lowest BCUT2D eigenvalue weighted by atomic mass is 9.93. The van der Waals surface area contributed by atoms with Crippen LogP contribution in [0.1, 0.15) is 37.8 Å². The largest absolute Gasteiger partial charge is 0.439 e. The van der Waals surface area contributed by atoms with E-state index in [9.17, 15) is 22.8 Å². The van der Waals surface area contributed by atoms with Gasteiger partial charge in [-0.2, -0.15) is 13.2 Å². The summed E-state index contributed by atoms with van der Waals surface area (Å²) in [5.74, 6) is -0.577. The smallest absolute Gasteiger partial charge is 0.421 e. The molecule has 0 spiro atoms. The van der Waals surface area contributed by atoms with Crippen molar-refractivity contribution in [2.24, 2.45) is 5.92 Å². The number of aromatic nitrogens is 1. The molecule has 6 nitrogen and oxygen atoms in total. The Balaban J connectivity index is 1.55. The first kappa shape index (κ1) is 20.3. The van der Waals surface area contributed by atoms with E-state index in [0.29, 0.717) is 17.7 Å². The van der Waals surface area contributed by atoms with Gasteiger partial charge in [-0.1, -0.05) is 13.0 Å². The fraction of sp³-hybridized carbons (Fsp3) is 0.381. The van der Waals surface area contributed by atoms with Crippen molar-refractivity contribution in [3.05, 3.63) is 47.7 Å². The first-order chi connectivity index (χ1) is 14.1. The van der Waals surface area contributed by atoms with E-state index in [4.69, 9.17) is 9.47 Å². The molecule has 1 saturated heterocycles. The maximum Gasteiger partial charge on any atom is 0.421 e. The molecule has 0 aliphatic carbocycles. The summed E-state index contributed by atoms with van der Waals surface area (Å²) in [7, 11) is 0. The van der Waals surface area contributed by atoms with Crippen LogP contribution in [0.3, 0.4) is 0 Å². The van der Waals surface area contributed by atoms with Crippen molar-refractivity contribution in [2.75, 3.05) is 4.90 Å². The zero-order valence-corrected chi connectivity index (χ0v) is 16.3. The zero-order chi connectivity index (χ0) is 21.7. The number of carbonyl (C=O) groups excluding carboxylic acids is 2. The minimum Gasteiger partial charge on any atom is -0.439 e. The second kappa shape index (κ2) is 7.09. The number of hydrogen-bond acceptors (Lipinski definition) is 5. The molecule has 1 aromatic carbocycles. The Bertz CT molecular complexity index is 1010. The number of halogens is 3. The van der Waals surface area contributed by atoms with Gasteiger partial charge in [-0.3, -0.25) is 9.59 Å². The standard InChI is InChI=1S/C21H19F3N2O4/c1-3-12-8-18(27)26(19(12)28)14-5-7-17(25-10-14)30-15-6-4-13-11-29-20(2,16(13)9-15)21(22,23)24/h4-7,9-10,12H,3,8,11H2,1-2H3/t12-,20?/m0/s1. The number of carbonyl (C=O) groups is 2. The quantitative estimate of drug-likeness (QED) is 0.683. The summed E-state index contributed by atoms with van der Waals surface area (Å²) < 4.78 is 51.0. The van der Waals surface area contributed by atoms with Gasteiger partial charge in [0.25, 0.3) is 0 Å². The summed E-state index contributed by atoms with van der Waals surface area (Å²) in [6.45, 7) is 2.71. The van der Waals surface area contributed by atoms with Crippen molar-refractivity contribution in [3.63, 3.8) is 0 Å². The van der Waals surface area contributed by atoms with E-state index >= 15 is 0 Å². The van der Waals surface area contributed by atoms with Gasteiger partial charge in [0.1, 0.15) is 5.75 Å². The number of amides is 2. The lowest BCUT2D eigenvalue weighted by Crippen LogP contribution is -2.38. The highest BCUT2D eigenvalue weighted by Crippen LogP contribution is 2.48. The number of imide groups is 1. The monoisotopic (exact) mass is 420 g/mol. The molecule has 2 atom stereocenters. The van der Waals surface area contributed by atoms with Crippen LogP contribution in [0, 0.1) is 5.92 Å². The van der Waals surface area contributed by atoms with E-state index in [-0.39, 0.29) is 48.0 Å². The predicted octanol–water partition coefficient (Wildman–Crippen LogP) is 4.47. The van der Waals surface area contributed by atoms with Gasteiger partial charge in [0, 0.05) is 24.0 Å². The molecule has 158 valence electrons. The van der Waals surface area contributed by atoms with E-state index in [1.165, 1.54) is 30.5 Å². The molecule has 30 heavy (non-hydrogen) atoms. The number of nitrogens with zero attached hydrogens (tertiary/aromatic N) is 2. The van der Waals surface area contributed by atoms with E-state index in [0.717, 1.165) is 11.8 Å². The van der Waals surface area contributed by atoms with Crippen LogP contribution in [-0.2, 0) is 26.5 Å². The lowest BCUT2D eigenvalue weighted by molar-refractivity contribution is -0.272. The normalized spacial score (nSPS) is 23.8. The van der Waals surface area contributed by atoms with Crippen LogP contribution in [-0.4, -0.2) is 23.0 Å². The van der Waals surface area contributed by atoms with Crippen LogP contribution < -0.4 is 9.64 Å². The molecular formula is C21H19F3N2O4. The van der Waals surface area contributed by atoms with Crippen molar-refractivity contribution in [2.45, 2.75) is 45.1 Å². The Morgan fingerprint density at radius 3 is 2.63 bits per heavy atom. The molecule has 4 rings (SSSR count). The van der Waals surface area contributed by atoms with Crippen LogP contribution in [0.4, 0.5) is 18.9 Å². The molecule has 2 aliphatic rings. The Hall–Kier alpha value is -2.94. The van der Waals surface area contributed by atoms with Gasteiger partial charge in [0.05, 0.1) is 18.5 Å². The highest BCUT2D eigenvalue weighted by molar-refractivity contribution is 6.20. The maximum atomic E-state index is 13.5. The molecule has 9 heteroatoms. The summed E-state index contributed by atoms with van der Waals surface area (Å²) in [6, 6.07) is 7.35. The summed E-state index contributed by atoms with van der Waals surface area (Å²) >= 11 is 0. The zero-order valence-electron chi connectivity index (χ0n) is 16.3. The molecule has 0 saturated carbocycles. The average molecular weight is 420 g/mol. The van der Waals surface area contributed by atoms with Crippen molar-refractivity contribution in [1.29, 1.82) is 0 Å². The molecule has 3 heterocycles. The first-order valence-corrected chi connectivity index (χ1v) is 9.49. The van der Waals surface area contributed by atoms with Gasteiger partial charge >= 0.3 is 6.18 Å². The van der Waals surface area contributed by atoms with Gasteiger partial charge in [0.2, 0.25) is 17.7 Å². The number of fused-ring (bicyclic) bond motifs is 1. The number of rotatable bonds is 4. The Labute approximate surface area is 170 Å². The molecule has 2 aromatic rings. The molecule has 1 fully saturated rings. The SMILES string of the molecule is CC[C@H]1CC(=O)N(c2ccc(Oc3ccc4c(c3)C(C)(C(F)(F)F)OC4)nc2)C1=O. The lowest BCUT2D eigenvalue weighted by Gasteiger charge is -2.27. The minimum absolute atomic E-state index is 0.00277. The Morgan fingerprint density at radius 1 is 1.27 bits per heavy atom. The van der Waals surface area contributed by atoms with E-state index in [1.807, 2.05) is 6.92 Å². The van der Waals surface area contributed by atoms with Gasteiger partial charge in [-0.15, -0.1) is 0 Å². The van der Waals surface area contributed by atoms with Crippen molar-refractivity contribution in [1.82, 2.24) is 4.98 Å².